The average molecular weight is 346 g/mol. The van der Waals surface area contributed by atoms with E-state index in [-0.39, 0.29) is 17.0 Å². The molecule has 1 aromatic heterocycles. The Labute approximate surface area is 143 Å². The van der Waals surface area contributed by atoms with E-state index >= 15 is 0 Å². The lowest BCUT2D eigenvalue weighted by Gasteiger charge is -2.45. The Hall–Kier alpha value is -2.25. The first kappa shape index (κ1) is 16.6. The number of carbonyl (C=O) groups excluding carboxylic acids is 1. The zero-order valence-electron chi connectivity index (χ0n) is 13.5. The molecular formula is C17H18N2O4S. The maximum atomic E-state index is 12.9. The molecule has 6 nitrogen and oxygen atoms in total. The molecule has 1 aromatic carbocycles. The molecule has 1 amide bonds. The molecule has 0 aliphatic carbocycles. The van der Waals surface area contributed by atoms with Gasteiger partial charge in [0.2, 0.25) is 0 Å². The molecule has 126 valence electrons. The minimum Gasteiger partial charge on any atom is -0.369 e. The Morgan fingerprint density at radius 1 is 1.38 bits per heavy atom. The molecule has 2 aromatic rings. The van der Waals surface area contributed by atoms with Crippen molar-refractivity contribution < 1.29 is 14.5 Å². The molecule has 3 rings (SSSR count). The smallest absolute Gasteiger partial charge is 0.324 e. The van der Waals surface area contributed by atoms with Crippen molar-refractivity contribution in [2.24, 2.45) is 0 Å². The lowest BCUT2D eigenvalue weighted by Crippen LogP contribution is -2.56. The number of hydrogen-bond donors (Lipinski definition) is 0. The fourth-order valence-electron chi connectivity index (χ4n) is 2.76. The number of nitro groups is 1. The van der Waals surface area contributed by atoms with Crippen LogP contribution >= 0.6 is 11.3 Å². The van der Waals surface area contributed by atoms with E-state index in [1.54, 1.807) is 10.3 Å². The molecule has 0 N–H and O–H groups in total. The fraction of sp³-hybridized carbons (Fsp3) is 0.353. The van der Waals surface area contributed by atoms with Gasteiger partial charge in [-0.3, -0.25) is 14.9 Å². The van der Waals surface area contributed by atoms with Crippen molar-refractivity contribution in [2.45, 2.75) is 25.5 Å². The monoisotopic (exact) mass is 346 g/mol. The van der Waals surface area contributed by atoms with Gasteiger partial charge < -0.3 is 9.64 Å². The number of benzene rings is 1. The molecular weight excluding hydrogens is 328 g/mol. The normalized spacial score (nSPS) is 19.9. The predicted octanol–water partition coefficient (Wildman–Crippen LogP) is 3.65. The Bertz CT molecular complexity index is 757. The Morgan fingerprint density at radius 3 is 2.71 bits per heavy atom. The van der Waals surface area contributed by atoms with Gasteiger partial charge in [-0.15, -0.1) is 0 Å². The SMILES string of the molecule is CC1(C)CO[C@H](c2ccccc2)CN1C(=O)c1csc([N+](=O)[O-])c1. The summed E-state index contributed by atoms with van der Waals surface area (Å²) in [6.07, 6.45) is -0.197. The number of rotatable bonds is 3. The van der Waals surface area contributed by atoms with Gasteiger partial charge in [0.1, 0.15) is 6.10 Å². The van der Waals surface area contributed by atoms with E-state index in [2.05, 4.69) is 0 Å². The van der Waals surface area contributed by atoms with E-state index < -0.39 is 10.5 Å². The highest BCUT2D eigenvalue weighted by Crippen LogP contribution is 2.33. The van der Waals surface area contributed by atoms with Crippen LogP contribution in [0.15, 0.2) is 41.8 Å². The van der Waals surface area contributed by atoms with E-state index in [1.165, 1.54) is 6.07 Å². The van der Waals surface area contributed by atoms with Crippen LogP contribution in [0.4, 0.5) is 5.00 Å². The highest BCUT2D eigenvalue weighted by atomic mass is 32.1. The van der Waals surface area contributed by atoms with E-state index in [1.807, 2.05) is 44.2 Å². The van der Waals surface area contributed by atoms with Crippen LogP contribution in [0.2, 0.25) is 0 Å². The predicted molar refractivity (Wildman–Crippen MR) is 91.2 cm³/mol. The minimum atomic E-state index is -0.474. The van der Waals surface area contributed by atoms with Crippen molar-refractivity contribution >= 4 is 22.2 Å². The number of hydrogen-bond acceptors (Lipinski definition) is 5. The number of nitrogens with zero attached hydrogens (tertiary/aromatic N) is 2. The third-order valence-electron chi connectivity index (χ3n) is 4.15. The van der Waals surface area contributed by atoms with Gasteiger partial charge >= 0.3 is 5.00 Å². The lowest BCUT2D eigenvalue weighted by molar-refractivity contribution is -0.380. The summed E-state index contributed by atoms with van der Waals surface area (Å²) in [5, 5.41) is 12.4. The van der Waals surface area contributed by atoms with E-state index in [0.717, 1.165) is 16.9 Å². The van der Waals surface area contributed by atoms with Gasteiger partial charge in [-0.25, -0.2) is 0 Å². The molecule has 1 atom stereocenters. The van der Waals surface area contributed by atoms with Gasteiger partial charge in [0.05, 0.1) is 29.2 Å². The summed E-state index contributed by atoms with van der Waals surface area (Å²) in [6, 6.07) is 11.1. The molecule has 2 heterocycles. The van der Waals surface area contributed by atoms with Crippen LogP contribution in [-0.2, 0) is 4.74 Å². The molecule has 1 fully saturated rings. The highest BCUT2D eigenvalue weighted by Gasteiger charge is 2.39. The molecule has 1 saturated heterocycles. The maximum absolute atomic E-state index is 12.9. The summed E-state index contributed by atoms with van der Waals surface area (Å²) >= 11 is 0.969. The first-order valence-electron chi connectivity index (χ1n) is 7.60. The van der Waals surface area contributed by atoms with Crippen LogP contribution in [0.1, 0.15) is 35.9 Å². The van der Waals surface area contributed by atoms with Crippen LogP contribution in [0.3, 0.4) is 0 Å². The topological polar surface area (TPSA) is 72.7 Å². The number of morpholine rings is 1. The van der Waals surface area contributed by atoms with Crippen LogP contribution in [0, 0.1) is 10.1 Å². The highest BCUT2D eigenvalue weighted by molar-refractivity contribution is 7.13. The van der Waals surface area contributed by atoms with Crippen molar-refractivity contribution in [2.75, 3.05) is 13.2 Å². The maximum Gasteiger partial charge on any atom is 0.324 e. The van der Waals surface area contributed by atoms with E-state index in [0.29, 0.717) is 18.7 Å². The number of carbonyl (C=O) groups is 1. The average Bonchev–Trinajstić information content (AvgIpc) is 3.05. The third kappa shape index (κ3) is 3.18. The Morgan fingerprint density at radius 2 is 2.08 bits per heavy atom. The molecule has 0 bridgehead atoms. The summed E-state index contributed by atoms with van der Waals surface area (Å²) in [7, 11) is 0. The van der Waals surface area contributed by atoms with Crippen molar-refractivity contribution in [1.29, 1.82) is 0 Å². The molecule has 0 unspecified atom stereocenters. The van der Waals surface area contributed by atoms with Crippen molar-refractivity contribution in [1.82, 2.24) is 4.90 Å². The molecule has 1 aliphatic rings. The second-order valence-corrected chi connectivity index (χ2v) is 7.26. The first-order chi connectivity index (χ1) is 11.4. The number of thiophene rings is 1. The van der Waals surface area contributed by atoms with Gasteiger partial charge in [-0.1, -0.05) is 41.7 Å². The molecule has 0 spiro atoms. The second-order valence-electron chi connectivity index (χ2n) is 6.37. The van der Waals surface area contributed by atoms with Gasteiger partial charge in [-0.2, -0.15) is 0 Å². The quantitative estimate of drug-likeness (QED) is 0.628. The van der Waals surface area contributed by atoms with Crippen LogP contribution in [0.5, 0.6) is 0 Å². The molecule has 0 radical (unpaired) electrons. The van der Waals surface area contributed by atoms with Gasteiger partial charge in [-0.05, 0) is 19.4 Å². The lowest BCUT2D eigenvalue weighted by atomic mass is 9.97. The van der Waals surface area contributed by atoms with Gasteiger partial charge in [0.25, 0.3) is 5.91 Å². The summed E-state index contributed by atoms with van der Waals surface area (Å²) in [5.74, 6) is -0.200. The number of ether oxygens (including phenoxy) is 1. The molecule has 24 heavy (non-hydrogen) atoms. The van der Waals surface area contributed by atoms with Crippen LogP contribution in [0.25, 0.3) is 0 Å². The van der Waals surface area contributed by atoms with Crippen LogP contribution < -0.4 is 0 Å². The molecule has 7 heteroatoms. The summed E-state index contributed by atoms with van der Waals surface area (Å²) < 4.78 is 5.94. The molecule has 1 aliphatic heterocycles. The second kappa shape index (κ2) is 6.33. The van der Waals surface area contributed by atoms with Crippen molar-refractivity contribution in [3.63, 3.8) is 0 Å². The van der Waals surface area contributed by atoms with Crippen molar-refractivity contribution in [3.8, 4) is 0 Å². The van der Waals surface area contributed by atoms with E-state index in [4.69, 9.17) is 4.74 Å². The third-order valence-corrected chi connectivity index (χ3v) is 5.03. The molecule has 0 saturated carbocycles. The van der Waals surface area contributed by atoms with Crippen LogP contribution in [-0.4, -0.2) is 34.4 Å². The fourth-order valence-corrected chi connectivity index (χ4v) is 3.46. The van der Waals surface area contributed by atoms with E-state index in [9.17, 15) is 14.9 Å². The number of amides is 1. The summed E-state index contributed by atoms with van der Waals surface area (Å²) in [6.45, 7) is 4.70. The summed E-state index contributed by atoms with van der Waals surface area (Å²) in [5.41, 5.74) is 0.898. The summed E-state index contributed by atoms with van der Waals surface area (Å²) in [4.78, 5) is 25.0. The minimum absolute atomic E-state index is 0.0241. The zero-order chi connectivity index (χ0) is 17.3. The van der Waals surface area contributed by atoms with Crippen molar-refractivity contribution in [3.05, 3.63) is 63.0 Å². The first-order valence-corrected chi connectivity index (χ1v) is 8.48. The van der Waals surface area contributed by atoms with Gasteiger partial charge in [0.15, 0.2) is 0 Å². The standard InChI is InChI=1S/C17H18N2O4S/c1-17(2)11-23-14(12-6-4-3-5-7-12)9-18(17)16(20)13-8-15(19(21)22)24-10-13/h3-8,10,14H,9,11H2,1-2H3/t14-/m0/s1. The Balaban J connectivity index is 1.85. The Kier molecular flexibility index (Phi) is 4.38. The zero-order valence-corrected chi connectivity index (χ0v) is 14.3. The largest absolute Gasteiger partial charge is 0.369 e. The van der Waals surface area contributed by atoms with Gasteiger partial charge in [0, 0.05) is 11.4 Å².